The first-order chi connectivity index (χ1) is 18.8. The zero-order chi connectivity index (χ0) is 27.1. The van der Waals surface area contributed by atoms with Crippen molar-refractivity contribution < 1.29 is 14.6 Å². The first-order valence-corrected chi connectivity index (χ1v) is 13.0. The van der Waals surface area contributed by atoms with Gasteiger partial charge in [-0.2, -0.15) is 10.4 Å². The Hall–Kier alpha value is -4.49. The number of aliphatic hydroxyl groups is 1. The molecule has 0 radical (unpaired) electrons. The Labute approximate surface area is 225 Å². The SMILES string of the molecule is CC(C)(O)COc1cc(-c2ccc(N3C[C@H]4C[C@@H](C3)[C@H]4NC(=O)c3ccccn3)nc2)c2c(C#N)cnn2c1. The minimum Gasteiger partial charge on any atom is -0.489 e. The quantitative estimate of drug-likeness (QED) is 0.378. The van der Waals surface area contributed by atoms with E-state index in [1.54, 1.807) is 49.1 Å². The number of ether oxygens (including phenoxy) is 1. The number of carbonyl (C=O) groups is 1. The van der Waals surface area contributed by atoms with Gasteiger partial charge in [-0.05, 0) is 62.4 Å². The van der Waals surface area contributed by atoms with Crippen LogP contribution in [0.2, 0.25) is 0 Å². The van der Waals surface area contributed by atoms with Gasteiger partial charge in [0.15, 0.2) is 0 Å². The maximum absolute atomic E-state index is 12.6. The largest absolute Gasteiger partial charge is 0.489 e. The van der Waals surface area contributed by atoms with Crippen molar-refractivity contribution in [3.63, 3.8) is 0 Å². The Balaban J connectivity index is 1.19. The summed E-state index contributed by atoms with van der Waals surface area (Å²) in [4.78, 5) is 23.8. The fraction of sp³-hybridized carbons (Fsp3) is 0.345. The number of pyridine rings is 3. The summed E-state index contributed by atoms with van der Waals surface area (Å²) in [5, 5.41) is 27.2. The Morgan fingerprint density at radius 3 is 2.69 bits per heavy atom. The van der Waals surface area contributed by atoms with E-state index in [9.17, 15) is 15.2 Å². The van der Waals surface area contributed by atoms with Gasteiger partial charge in [0.1, 0.15) is 29.9 Å². The van der Waals surface area contributed by atoms with E-state index in [0.717, 1.165) is 36.5 Å². The normalized spacial score (nSPS) is 20.3. The van der Waals surface area contributed by atoms with Gasteiger partial charge in [-0.1, -0.05) is 6.07 Å². The van der Waals surface area contributed by atoms with Gasteiger partial charge in [-0.15, -0.1) is 0 Å². The van der Waals surface area contributed by atoms with Gasteiger partial charge in [0.2, 0.25) is 0 Å². The second-order valence-corrected chi connectivity index (χ2v) is 10.9. The molecule has 2 bridgehead atoms. The first kappa shape index (κ1) is 24.8. The van der Waals surface area contributed by atoms with Crippen LogP contribution in [0.25, 0.3) is 16.6 Å². The predicted molar refractivity (Wildman–Crippen MR) is 144 cm³/mol. The summed E-state index contributed by atoms with van der Waals surface area (Å²) in [6.45, 7) is 5.11. The molecule has 2 aliphatic heterocycles. The van der Waals surface area contributed by atoms with E-state index < -0.39 is 5.60 Å². The van der Waals surface area contributed by atoms with Crippen molar-refractivity contribution in [2.45, 2.75) is 31.9 Å². The van der Waals surface area contributed by atoms with E-state index in [4.69, 9.17) is 9.72 Å². The molecule has 6 heterocycles. The Bertz CT molecular complexity index is 1540. The zero-order valence-corrected chi connectivity index (χ0v) is 21.8. The van der Waals surface area contributed by atoms with Gasteiger partial charge >= 0.3 is 0 Å². The van der Waals surface area contributed by atoms with Gasteiger partial charge in [-0.3, -0.25) is 9.78 Å². The first-order valence-electron chi connectivity index (χ1n) is 13.0. The summed E-state index contributed by atoms with van der Waals surface area (Å²) in [6.07, 6.45) is 7.76. The van der Waals surface area contributed by atoms with Crippen molar-refractivity contribution in [1.29, 1.82) is 5.26 Å². The molecule has 3 atom stereocenters. The number of carbonyl (C=O) groups excluding carboxylic acids is 1. The van der Waals surface area contributed by atoms with Crippen molar-refractivity contribution in [3.05, 3.63) is 72.4 Å². The van der Waals surface area contributed by atoms with E-state index in [0.29, 0.717) is 34.4 Å². The predicted octanol–water partition coefficient (Wildman–Crippen LogP) is 3.07. The third kappa shape index (κ3) is 4.89. The number of nitriles is 1. The van der Waals surface area contributed by atoms with E-state index in [2.05, 4.69) is 26.4 Å². The molecule has 4 aromatic rings. The minimum absolute atomic E-state index is 0.113. The van der Waals surface area contributed by atoms with Crippen LogP contribution in [0.15, 0.2) is 61.2 Å². The van der Waals surface area contributed by atoms with Crippen LogP contribution in [0.5, 0.6) is 5.75 Å². The van der Waals surface area contributed by atoms with Gasteiger partial charge in [-0.25, -0.2) is 9.50 Å². The maximum atomic E-state index is 12.6. The summed E-state index contributed by atoms with van der Waals surface area (Å²) in [5.41, 5.74) is 2.19. The highest BCUT2D eigenvalue weighted by Crippen LogP contribution is 2.41. The molecule has 1 aliphatic carbocycles. The number of hydrogen-bond acceptors (Lipinski definition) is 8. The highest BCUT2D eigenvalue weighted by molar-refractivity contribution is 5.92. The van der Waals surface area contributed by atoms with Gasteiger partial charge in [0.25, 0.3) is 5.91 Å². The highest BCUT2D eigenvalue weighted by Gasteiger charge is 2.47. The number of hydrogen-bond donors (Lipinski definition) is 2. The molecule has 0 aromatic carbocycles. The standard InChI is InChI=1S/C29H29N7O3/c1-29(2,38)17-39-22-10-23(27-21(11-30)13-33-36(27)16-22)18-6-7-25(32-12-18)35-14-19-9-20(15-35)26(19)34-28(37)24-5-3-4-8-31-24/h3-8,10,12-13,16,19-20,26,38H,9,14-15,17H2,1-2H3,(H,34,37)/t19-,20+,26+. The molecule has 2 saturated heterocycles. The Morgan fingerprint density at radius 2 is 2.03 bits per heavy atom. The van der Waals surface area contributed by atoms with Crippen molar-refractivity contribution in [2.75, 3.05) is 24.6 Å². The Kier molecular flexibility index (Phi) is 6.16. The van der Waals surface area contributed by atoms with Crippen molar-refractivity contribution in [1.82, 2.24) is 24.9 Å². The number of amides is 1. The van der Waals surface area contributed by atoms with Crippen molar-refractivity contribution >= 4 is 17.2 Å². The maximum Gasteiger partial charge on any atom is 0.270 e. The molecule has 198 valence electrons. The molecule has 3 fully saturated rings. The summed E-state index contributed by atoms with van der Waals surface area (Å²) >= 11 is 0. The Morgan fingerprint density at radius 1 is 1.21 bits per heavy atom. The molecule has 0 spiro atoms. The van der Waals surface area contributed by atoms with Crippen LogP contribution in [0.4, 0.5) is 5.82 Å². The number of nitrogens with one attached hydrogen (secondary N) is 1. The van der Waals surface area contributed by atoms with Gasteiger partial charge < -0.3 is 20.1 Å². The van der Waals surface area contributed by atoms with E-state index in [1.165, 1.54) is 6.20 Å². The second-order valence-electron chi connectivity index (χ2n) is 10.9. The molecule has 10 heteroatoms. The van der Waals surface area contributed by atoms with Crippen LogP contribution in [0.1, 0.15) is 36.3 Å². The molecular weight excluding hydrogens is 494 g/mol. The minimum atomic E-state index is -0.990. The van der Waals surface area contributed by atoms with Crippen LogP contribution >= 0.6 is 0 Å². The van der Waals surface area contributed by atoms with Crippen LogP contribution < -0.4 is 15.0 Å². The van der Waals surface area contributed by atoms with E-state index >= 15 is 0 Å². The highest BCUT2D eigenvalue weighted by atomic mass is 16.5. The lowest BCUT2D eigenvalue weighted by Gasteiger charge is -2.54. The molecule has 1 amide bonds. The van der Waals surface area contributed by atoms with Crippen LogP contribution in [-0.2, 0) is 0 Å². The molecular formula is C29H29N7O3. The van der Waals surface area contributed by atoms with E-state index in [-0.39, 0.29) is 18.6 Å². The number of aromatic nitrogens is 4. The van der Waals surface area contributed by atoms with Crippen LogP contribution in [-0.4, -0.2) is 61.9 Å². The smallest absolute Gasteiger partial charge is 0.270 e. The van der Waals surface area contributed by atoms with Crippen LogP contribution in [0.3, 0.4) is 0 Å². The van der Waals surface area contributed by atoms with Crippen molar-refractivity contribution in [3.8, 4) is 22.9 Å². The molecule has 0 unspecified atom stereocenters. The zero-order valence-electron chi connectivity index (χ0n) is 21.8. The number of fused-ring (bicyclic) bond motifs is 3. The average molecular weight is 524 g/mol. The summed E-state index contributed by atoms with van der Waals surface area (Å²) in [6, 6.07) is 13.5. The lowest BCUT2D eigenvalue weighted by molar-refractivity contribution is 0.0283. The lowest BCUT2D eigenvalue weighted by atomic mass is 9.66. The third-order valence-corrected chi connectivity index (χ3v) is 7.41. The fourth-order valence-electron chi connectivity index (χ4n) is 5.50. The fourth-order valence-corrected chi connectivity index (χ4v) is 5.50. The summed E-state index contributed by atoms with van der Waals surface area (Å²) in [5.74, 6) is 2.02. The summed E-state index contributed by atoms with van der Waals surface area (Å²) in [7, 11) is 0. The van der Waals surface area contributed by atoms with E-state index in [1.807, 2.05) is 24.3 Å². The van der Waals surface area contributed by atoms with Crippen molar-refractivity contribution in [2.24, 2.45) is 11.8 Å². The second kappa shape index (κ2) is 9.67. The summed E-state index contributed by atoms with van der Waals surface area (Å²) < 4.78 is 7.45. The average Bonchev–Trinajstić information content (AvgIpc) is 3.37. The molecule has 1 saturated carbocycles. The molecule has 10 nitrogen and oxygen atoms in total. The molecule has 4 aromatic heterocycles. The third-order valence-electron chi connectivity index (χ3n) is 7.41. The number of rotatable bonds is 7. The molecule has 2 N–H and O–H groups in total. The number of anilines is 1. The molecule has 7 rings (SSSR count). The monoisotopic (exact) mass is 523 g/mol. The van der Waals surface area contributed by atoms with Gasteiger partial charge in [0.05, 0.1) is 29.1 Å². The lowest BCUT2D eigenvalue weighted by Crippen LogP contribution is -2.64. The van der Waals surface area contributed by atoms with Crippen LogP contribution in [0, 0.1) is 23.2 Å². The number of piperidine rings is 2. The molecule has 3 aliphatic rings. The molecule has 39 heavy (non-hydrogen) atoms. The topological polar surface area (TPSA) is 129 Å². The van der Waals surface area contributed by atoms with Gasteiger partial charge in [0, 0.05) is 42.7 Å². The number of nitrogens with zero attached hydrogens (tertiary/aromatic N) is 6.